The molecule has 0 saturated heterocycles. The van der Waals surface area contributed by atoms with Gasteiger partial charge in [0.05, 0.1) is 0 Å². The van der Waals surface area contributed by atoms with Crippen LogP contribution in [-0.4, -0.2) is 30.1 Å². The van der Waals surface area contributed by atoms with Crippen LogP contribution >= 0.6 is 0 Å². The van der Waals surface area contributed by atoms with Gasteiger partial charge in [0.15, 0.2) is 0 Å². The van der Waals surface area contributed by atoms with Crippen molar-refractivity contribution in [2.75, 3.05) is 0 Å². The lowest BCUT2D eigenvalue weighted by molar-refractivity contribution is -0.175. The van der Waals surface area contributed by atoms with Gasteiger partial charge in [-0.15, -0.1) is 0 Å². The zero-order valence-corrected chi connectivity index (χ0v) is 12.2. The molecule has 8 heteroatoms. The predicted molar refractivity (Wildman–Crippen MR) is 65.8 cm³/mol. The maximum atomic E-state index is 11.2. The molecule has 7 nitrogen and oxygen atoms in total. The first-order valence-electron chi connectivity index (χ1n) is 4.99. The molecule has 0 fully saturated rings. The quantitative estimate of drug-likeness (QED) is 0.340. The summed E-state index contributed by atoms with van der Waals surface area (Å²) < 4.78 is 41.4. The van der Waals surface area contributed by atoms with Crippen LogP contribution in [-0.2, 0) is 24.1 Å². The van der Waals surface area contributed by atoms with Gasteiger partial charge in [0, 0.05) is 6.08 Å². The van der Waals surface area contributed by atoms with Gasteiger partial charge in [0.2, 0.25) is 10.4 Å². The molecule has 108 valence electrons. The molecular formula is C10H21NO6S. The molecular weight excluding hydrogens is 262 g/mol. The maximum absolute atomic E-state index is 11.2. The second-order valence-corrected chi connectivity index (χ2v) is 5.19. The van der Waals surface area contributed by atoms with Crippen LogP contribution in [0.2, 0.25) is 0 Å². The highest BCUT2D eigenvalue weighted by Crippen LogP contribution is 2.33. The van der Waals surface area contributed by atoms with Crippen LogP contribution in [0.4, 0.5) is 0 Å². The van der Waals surface area contributed by atoms with Gasteiger partial charge in [-0.3, -0.25) is 4.18 Å². The summed E-state index contributed by atoms with van der Waals surface area (Å²) in [5, 5.41) is 0. The van der Waals surface area contributed by atoms with E-state index < -0.39 is 27.6 Å². The van der Waals surface area contributed by atoms with Crippen molar-refractivity contribution in [2.24, 2.45) is 0 Å². The highest BCUT2D eigenvalue weighted by molar-refractivity contribution is 7.80. The van der Waals surface area contributed by atoms with Gasteiger partial charge in [0.25, 0.3) is 0 Å². The van der Waals surface area contributed by atoms with E-state index in [4.69, 9.17) is 4.74 Å². The van der Waals surface area contributed by atoms with Crippen molar-refractivity contribution in [3.8, 4) is 0 Å². The standard InChI is InChI=1S/C10H18O6S.H3N/c1-6-8(11)15-10(5,7-2)9(3,4)16-17(12,13)14;/h6H,1,7H2,2-5H3,(H,12,13,14);1H3. The number of carbonyl (C=O) groups is 1. The van der Waals surface area contributed by atoms with Crippen LogP contribution in [0.25, 0.3) is 0 Å². The average Bonchev–Trinajstić information content (AvgIpc) is 2.13. The first-order valence-corrected chi connectivity index (χ1v) is 6.32. The minimum absolute atomic E-state index is 0. The van der Waals surface area contributed by atoms with E-state index in [1.807, 2.05) is 0 Å². The first-order chi connectivity index (χ1) is 7.47. The minimum atomic E-state index is -4.88. The summed E-state index contributed by atoms with van der Waals surface area (Å²) in [4.78, 5) is 11.2. The van der Waals surface area contributed by atoms with Crippen LogP contribution in [0.5, 0.6) is 0 Å². The van der Waals surface area contributed by atoms with Crippen molar-refractivity contribution in [2.45, 2.75) is 45.3 Å². The molecule has 0 aromatic carbocycles. The molecule has 0 spiro atoms. The van der Waals surface area contributed by atoms with Gasteiger partial charge in [-0.1, -0.05) is 13.5 Å². The Labute approximate surface area is 108 Å². The molecule has 0 aromatic heterocycles. The fourth-order valence-electron chi connectivity index (χ4n) is 1.23. The predicted octanol–water partition coefficient (Wildman–Crippen LogP) is 1.52. The van der Waals surface area contributed by atoms with Crippen LogP contribution in [0, 0.1) is 0 Å². The van der Waals surface area contributed by atoms with E-state index >= 15 is 0 Å². The summed E-state index contributed by atoms with van der Waals surface area (Å²) in [6, 6.07) is 0. The number of hydrogen-bond acceptors (Lipinski definition) is 6. The van der Waals surface area contributed by atoms with Crippen molar-refractivity contribution in [1.82, 2.24) is 6.15 Å². The summed E-state index contributed by atoms with van der Waals surface area (Å²) in [5.41, 5.74) is -2.73. The Morgan fingerprint density at radius 2 is 1.83 bits per heavy atom. The minimum Gasteiger partial charge on any atom is -0.726 e. The van der Waals surface area contributed by atoms with Gasteiger partial charge in [-0.05, 0) is 27.2 Å². The Balaban J connectivity index is 0. The number of esters is 1. The average molecular weight is 283 g/mol. The van der Waals surface area contributed by atoms with E-state index in [0.717, 1.165) is 6.08 Å². The van der Waals surface area contributed by atoms with Gasteiger partial charge >= 0.3 is 5.97 Å². The molecule has 0 heterocycles. The van der Waals surface area contributed by atoms with E-state index in [1.165, 1.54) is 20.8 Å². The van der Waals surface area contributed by atoms with Crippen molar-refractivity contribution in [1.29, 1.82) is 0 Å². The topological polar surface area (TPSA) is 129 Å². The zero-order chi connectivity index (χ0) is 13.9. The highest BCUT2D eigenvalue weighted by atomic mass is 32.3. The molecule has 1 unspecified atom stereocenters. The van der Waals surface area contributed by atoms with Crippen LogP contribution in [0.15, 0.2) is 12.7 Å². The Bertz CT molecular complexity index is 403. The largest absolute Gasteiger partial charge is 0.726 e. The lowest BCUT2D eigenvalue weighted by atomic mass is 9.85. The molecule has 0 saturated carbocycles. The van der Waals surface area contributed by atoms with Gasteiger partial charge < -0.3 is 15.4 Å². The Kier molecular flexibility index (Phi) is 6.76. The third-order valence-electron chi connectivity index (χ3n) is 2.75. The van der Waals surface area contributed by atoms with Crippen LogP contribution in [0.3, 0.4) is 0 Å². The van der Waals surface area contributed by atoms with E-state index in [1.54, 1.807) is 6.92 Å². The third-order valence-corrected chi connectivity index (χ3v) is 3.37. The molecule has 0 aliphatic carbocycles. The molecule has 0 aliphatic heterocycles. The fourth-order valence-corrected chi connectivity index (χ4v) is 1.91. The second-order valence-electron chi connectivity index (χ2n) is 4.21. The van der Waals surface area contributed by atoms with Crippen molar-refractivity contribution < 1.29 is 26.7 Å². The van der Waals surface area contributed by atoms with E-state index in [-0.39, 0.29) is 12.6 Å². The highest BCUT2D eigenvalue weighted by Gasteiger charge is 2.45. The molecule has 0 rings (SSSR count). The SMILES string of the molecule is C=CC(=O)OC(C)(CC)C(C)(C)OS(=O)(=O)[O-].[NH4+]. The third kappa shape index (κ3) is 5.13. The normalized spacial score (nSPS) is 15.2. The van der Waals surface area contributed by atoms with Crippen LogP contribution in [0.1, 0.15) is 34.1 Å². The molecule has 4 N–H and O–H groups in total. The fraction of sp³-hybridized carbons (Fsp3) is 0.700. The van der Waals surface area contributed by atoms with E-state index in [0.29, 0.717) is 0 Å². The maximum Gasteiger partial charge on any atom is 0.330 e. The lowest BCUT2D eigenvalue weighted by Gasteiger charge is -2.42. The second kappa shape index (κ2) is 6.28. The molecule has 0 amide bonds. The van der Waals surface area contributed by atoms with Gasteiger partial charge in [-0.2, -0.15) is 0 Å². The number of ether oxygens (including phenoxy) is 1. The Hall–Kier alpha value is -0.960. The monoisotopic (exact) mass is 283 g/mol. The number of hydrogen-bond donors (Lipinski definition) is 1. The summed E-state index contributed by atoms with van der Waals surface area (Å²) in [6.45, 7) is 9.13. The molecule has 0 aromatic rings. The summed E-state index contributed by atoms with van der Waals surface area (Å²) in [7, 11) is -4.88. The molecule has 18 heavy (non-hydrogen) atoms. The Morgan fingerprint density at radius 3 is 2.11 bits per heavy atom. The molecule has 0 bridgehead atoms. The molecule has 1 atom stereocenters. The Morgan fingerprint density at radius 1 is 1.39 bits per heavy atom. The lowest BCUT2D eigenvalue weighted by Crippen LogP contribution is -2.53. The zero-order valence-electron chi connectivity index (χ0n) is 11.3. The smallest absolute Gasteiger partial charge is 0.330 e. The summed E-state index contributed by atoms with van der Waals surface area (Å²) >= 11 is 0. The number of rotatable bonds is 6. The van der Waals surface area contributed by atoms with Crippen molar-refractivity contribution in [3.05, 3.63) is 12.7 Å². The van der Waals surface area contributed by atoms with Gasteiger partial charge in [0.1, 0.15) is 11.2 Å². The van der Waals surface area contributed by atoms with Crippen molar-refractivity contribution >= 4 is 16.4 Å². The number of carbonyl (C=O) groups excluding carboxylic acids is 1. The van der Waals surface area contributed by atoms with Crippen molar-refractivity contribution in [3.63, 3.8) is 0 Å². The van der Waals surface area contributed by atoms with Gasteiger partial charge in [-0.25, -0.2) is 13.2 Å². The summed E-state index contributed by atoms with van der Waals surface area (Å²) in [6.07, 6.45) is 1.23. The summed E-state index contributed by atoms with van der Waals surface area (Å²) in [5.74, 6) is -0.714. The van der Waals surface area contributed by atoms with E-state index in [2.05, 4.69) is 10.8 Å². The number of quaternary nitrogens is 1. The molecule has 0 aliphatic rings. The first kappa shape index (κ1) is 19.4. The van der Waals surface area contributed by atoms with E-state index in [9.17, 15) is 17.8 Å². The molecule has 0 radical (unpaired) electrons. The van der Waals surface area contributed by atoms with Crippen LogP contribution < -0.4 is 6.15 Å².